The Hall–Kier alpha value is -1.30. The van der Waals surface area contributed by atoms with Crippen LogP contribution in [0.3, 0.4) is 0 Å². The molecule has 112 valence electrons. The Labute approximate surface area is 114 Å². The van der Waals surface area contributed by atoms with E-state index in [0.717, 1.165) is 19.4 Å². The fourth-order valence-electron chi connectivity index (χ4n) is 1.38. The highest BCUT2D eigenvalue weighted by Gasteiger charge is 2.09. The first-order valence-corrected chi connectivity index (χ1v) is 6.90. The van der Waals surface area contributed by atoms with Gasteiger partial charge >= 0.3 is 12.0 Å². The Morgan fingerprint density at radius 1 is 1.16 bits per heavy atom. The summed E-state index contributed by atoms with van der Waals surface area (Å²) in [4.78, 5) is 21.9. The SMILES string of the molecule is CCCCOCCNC(=O)NCCCC(C)C(=O)O. The van der Waals surface area contributed by atoms with Crippen molar-refractivity contribution in [3.05, 3.63) is 0 Å². The minimum atomic E-state index is -0.798. The standard InChI is InChI=1S/C13H26N2O4/c1-3-4-9-19-10-8-15-13(18)14-7-5-6-11(2)12(16)17/h11H,3-10H2,1-2H3,(H,16,17)(H2,14,15,18). The van der Waals surface area contributed by atoms with Crippen molar-refractivity contribution < 1.29 is 19.4 Å². The molecular weight excluding hydrogens is 248 g/mol. The third-order valence-electron chi connectivity index (χ3n) is 2.70. The number of hydrogen-bond acceptors (Lipinski definition) is 3. The highest BCUT2D eigenvalue weighted by atomic mass is 16.5. The molecule has 0 heterocycles. The zero-order chi connectivity index (χ0) is 14.5. The Kier molecular flexibility index (Phi) is 11.0. The van der Waals surface area contributed by atoms with Crippen LogP contribution in [0.4, 0.5) is 4.79 Å². The molecule has 0 radical (unpaired) electrons. The molecule has 0 rings (SSSR count). The number of aliphatic carboxylic acids is 1. The van der Waals surface area contributed by atoms with Crippen LogP contribution in [0, 0.1) is 5.92 Å². The lowest BCUT2D eigenvalue weighted by atomic mass is 10.1. The summed E-state index contributed by atoms with van der Waals surface area (Å²) in [6.07, 6.45) is 3.36. The molecule has 2 amide bonds. The summed E-state index contributed by atoms with van der Waals surface area (Å²) in [5.41, 5.74) is 0. The van der Waals surface area contributed by atoms with E-state index >= 15 is 0 Å². The van der Waals surface area contributed by atoms with Gasteiger partial charge in [-0.2, -0.15) is 0 Å². The minimum absolute atomic E-state index is 0.234. The maximum absolute atomic E-state index is 11.3. The van der Waals surface area contributed by atoms with Crippen LogP contribution >= 0.6 is 0 Å². The molecule has 6 nitrogen and oxygen atoms in total. The number of rotatable bonds is 11. The van der Waals surface area contributed by atoms with E-state index in [-0.39, 0.29) is 11.9 Å². The topological polar surface area (TPSA) is 87.7 Å². The molecule has 0 aliphatic carbocycles. The molecule has 0 aromatic rings. The average Bonchev–Trinajstić information content (AvgIpc) is 2.38. The van der Waals surface area contributed by atoms with Crippen molar-refractivity contribution in [1.82, 2.24) is 10.6 Å². The van der Waals surface area contributed by atoms with Crippen LogP contribution in [0.5, 0.6) is 0 Å². The van der Waals surface area contributed by atoms with Gasteiger partial charge in [-0.3, -0.25) is 4.79 Å². The highest BCUT2D eigenvalue weighted by molar-refractivity contribution is 5.73. The summed E-state index contributed by atoms with van der Waals surface area (Å²) < 4.78 is 5.30. The van der Waals surface area contributed by atoms with Gasteiger partial charge in [-0.25, -0.2) is 4.79 Å². The maximum atomic E-state index is 11.3. The van der Waals surface area contributed by atoms with Gasteiger partial charge in [-0.15, -0.1) is 0 Å². The lowest BCUT2D eigenvalue weighted by Gasteiger charge is -2.09. The zero-order valence-corrected chi connectivity index (χ0v) is 11.9. The molecule has 0 aliphatic heterocycles. The minimum Gasteiger partial charge on any atom is -0.481 e. The summed E-state index contributed by atoms with van der Waals surface area (Å²) in [5.74, 6) is -1.16. The van der Waals surface area contributed by atoms with Crippen LogP contribution in [0.15, 0.2) is 0 Å². The zero-order valence-electron chi connectivity index (χ0n) is 11.9. The predicted octanol–water partition coefficient (Wildman–Crippen LogP) is 1.60. The molecule has 3 N–H and O–H groups in total. The molecule has 1 atom stereocenters. The molecule has 1 unspecified atom stereocenters. The molecule has 0 spiro atoms. The van der Waals surface area contributed by atoms with E-state index in [9.17, 15) is 9.59 Å². The molecule has 0 saturated heterocycles. The van der Waals surface area contributed by atoms with Crippen LogP contribution in [-0.4, -0.2) is 43.4 Å². The van der Waals surface area contributed by atoms with Crippen molar-refractivity contribution in [2.24, 2.45) is 5.92 Å². The van der Waals surface area contributed by atoms with Gasteiger partial charge in [0.05, 0.1) is 12.5 Å². The van der Waals surface area contributed by atoms with Crippen LogP contribution in [0.2, 0.25) is 0 Å². The van der Waals surface area contributed by atoms with E-state index in [1.165, 1.54) is 0 Å². The quantitative estimate of drug-likeness (QED) is 0.499. The van der Waals surface area contributed by atoms with Crippen LogP contribution in [0.1, 0.15) is 39.5 Å². The van der Waals surface area contributed by atoms with E-state index < -0.39 is 5.97 Å². The first-order valence-electron chi connectivity index (χ1n) is 6.90. The number of carboxylic acids is 1. The average molecular weight is 274 g/mol. The van der Waals surface area contributed by atoms with Gasteiger partial charge in [0.2, 0.25) is 0 Å². The number of ether oxygens (including phenoxy) is 1. The lowest BCUT2D eigenvalue weighted by molar-refractivity contribution is -0.141. The molecule has 0 bridgehead atoms. The van der Waals surface area contributed by atoms with Crippen molar-refractivity contribution in [2.75, 3.05) is 26.3 Å². The van der Waals surface area contributed by atoms with Gasteiger partial charge in [0.25, 0.3) is 0 Å². The first kappa shape index (κ1) is 17.7. The van der Waals surface area contributed by atoms with Gasteiger partial charge in [0.1, 0.15) is 0 Å². The molecule has 0 saturated carbocycles. The normalized spacial score (nSPS) is 11.9. The largest absolute Gasteiger partial charge is 0.481 e. The maximum Gasteiger partial charge on any atom is 0.314 e. The highest BCUT2D eigenvalue weighted by Crippen LogP contribution is 2.03. The van der Waals surface area contributed by atoms with E-state index in [2.05, 4.69) is 17.6 Å². The number of carbonyl (C=O) groups excluding carboxylic acids is 1. The monoisotopic (exact) mass is 274 g/mol. The molecule has 19 heavy (non-hydrogen) atoms. The van der Waals surface area contributed by atoms with Crippen molar-refractivity contribution in [2.45, 2.75) is 39.5 Å². The van der Waals surface area contributed by atoms with E-state index in [1.54, 1.807) is 6.92 Å². The summed E-state index contributed by atoms with van der Waals surface area (Å²) >= 11 is 0. The van der Waals surface area contributed by atoms with Gasteiger partial charge in [-0.05, 0) is 19.3 Å². The van der Waals surface area contributed by atoms with Gasteiger partial charge in [0.15, 0.2) is 0 Å². The Morgan fingerprint density at radius 3 is 2.47 bits per heavy atom. The summed E-state index contributed by atoms with van der Waals surface area (Å²) in [7, 11) is 0. The third kappa shape index (κ3) is 11.5. The second kappa shape index (κ2) is 11.8. The van der Waals surface area contributed by atoms with Crippen LogP contribution < -0.4 is 10.6 Å². The van der Waals surface area contributed by atoms with Crippen molar-refractivity contribution in [1.29, 1.82) is 0 Å². The number of hydrogen-bond donors (Lipinski definition) is 3. The molecular formula is C13H26N2O4. The lowest BCUT2D eigenvalue weighted by Crippen LogP contribution is -2.37. The van der Waals surface area contributed by atoms with E-state index in [4.69, 9.17) is 9.84 Å². The van der Waals surface area contributed by atoms with E-state index in [1.807, 2.05) is 0 Å². The molecule has 0 aromatic carbocycles. The summed E-state index contributed by atoms with van der Waals surface area (Å²) in [5, 5.41) is 14.0. The van der Waals surface area contributed by atoms with Gasteiger partial charge in [-0.1, -0.05) is 20.3 Å². The smallest absolute Gasteiger partial charge is 0.314 e. The second-order valence-electron chi connectivity index (χ2n) is 4.53. The fraction of sp³-hybridized carbons (Fsp3) is 0.846. The van der Waals surface area contributed by atoms with Crippen molar-refractivity contribution in [3.8, 4) is 0 Å². The summed E-state index contributed by atoms with van der Waals surface area (Å²) in [6.45, 7) is 5.98. The van der Waals surface area contributed by atoms with Crippen LogP contribution in [0.25, 0.3) is 0 Å². The molecule has 6 heteroatoms. The molecule has 0 aliphatic rings. The van der Waals surface area contributed by atoms with Crippen molar-refractivity contribution >= 4 is 12.0 Å². The Morgan fingerprint density at radius 2 is 1.84 bits per heavy atom. The number of carbonyl (C=O) groups is 2. The number of amides is 2. The number of unbranched alkanes of at least 4 members (excludes halogenated alkanes) is 1. The van der Waals surface area contributed by atoms with Crippen LogP contribution in [-0.2, 0) is 9.53 Å². The Bertz CT molecular complexity index is 259. The van der Waals surface area contributed by atoms with Gasteiger partial charge in [0, 0.05) is 19.7 Å². The van der Waals surface area contributed by atoms with Gasteiger partial charge < -0.3 is 20.5 Å². The first-order chi connectivity index (χ1) is 9.07. The number of urea groups is 1. The second-order valence-corrected chi connectivity index (χ2v) is 4.53. The number of carboxylic acid groups (broad SMARTS) is 1. The fourth-order valence-corrected chi connectivity index (χ4v) is 1.38. The third-order valence-corrected chi connectivity index (χ3v) is 2.70. The summed E-state index contributed by atoms with van der Waals surface area (Å²) in [6, 6.07) is -0.234. The molecule has 0 aromatic heterocycles. The molecule has 0 fully saturated rings. The Balaban J connectivity index is 3.33. The predicted molar refractivity (Wildman–Crippen MR) is 73.2 cm³/mol. The van der Waals surface area contributed by atoms with Crippen molar-refractivity contribution in [3.63, 3.8) is 0 Å². The number of nitrogens with one attached hydrogen (secondary N) is 2. The van der Waals surface area contributed by atoms with E-state index in [0.29, 0.717) is 32.5 Å².